The lowest BCUT2D eigenvalue weighted by Gasteiger charge is -2.45. The molecular weight excluding hydrogens is 1230 g/mol. The van der Waals surface area contributed by atoms with Crippen molar-refractivity contribution in [1.29, 1.82) is 0 Å². The largest absolute Gasteiger partial charge is 0.458 e. The molecule has 7 nitrogen and oxygen atoms in total. The van der Waals surface area contributed by atoms with Crippen molar-refractivity contribution >= 4 is 146 Å². The molecule has 0 unspecified atom stereocenters. The zero-order chi connectivity index (χ0) is 67.3. The molecule has 3 aromatic heterocycles. The molecule has 0 aliphatic carbocycles. The lowest BCUT2D eigenvalue weighted by molar-refractivity contribution is 0.483. The molecule has 14 aromatic carbocycles. The SMILES string of the molecule is CC(C)(C)c1cc2c3c(c1)N(c1c(-c4ccccc4)cccc1-c1ccccc1)c1cc4c(cc1B3c1ccc(-n3c5ccccc5c5ccccc53)cc1O2)B1c2ccc(-n3c5ccccc5c5ccccc53)cc2Oc2cc(C(C)(C)C)cc(c21)N4c1cccc2c1oc1ccccc12. The van der Waals surface area contributed by atoms with Crippen LogP contribution in [0.25, 0.3) is 99.2 Å². The molecule has 0 saturated carbocycles. The topological polar surface area (TPSA) is 47.9 Å². The maximum Gasteiger partial charge on any atom is 0.256 e. The molecule has 9 heteroatoms. The van der Waals surface area contributed by atoms with Crippen LogP contribution in [0.1, 0.15) is 52.7 Å². The predicted octanol–water partition coefficient (Wildman–Crippen LogP) is 20.5. The van der Waals surface area contributed by atoms with Gasteiger partial charge in [0.15, 0.2) is 5.58 Å². The van der Waals surface area contributed by atoms with Gasteiger partial charge in [0.05, 0.1) is 33.4 Å². The molecule has 17 aromatic rings. The average molecular weight is 1300 g/mol. The van der Waals surface area contributed by atoms with E-state index in [-0.39, 0.29) is 24.3 Å². The van der Waals surface area contributed by atoms with Crippen LogP contribution in [0.5, 0.6) is 23.0 Å². The van der Waals surface area contributed by atoms with Crippen LogP contribution in [0.2, 0.25) is 0 Å². The van der Waals surface area contributed by atoms with E-state index in [1.165, 1.54) is 32.6 Å². The minimum atomic E-state index is -0.293. The minimum Gasteiger partial charge on any atom is -0.458 e. The highest BCUT2D eigenvalue weighted by atomic mass is 16.5. The average Bonchev–Trinajstić information content (AvgIpc) is 1.17. The normalized spacial score (nSPS) is 13.5. The number of rotatable bonds is 6. The van der Waals surface area contributed by atoms with Crippen LogP contribution in [0.4, 0.5) is 34.1 Å². The first-order chi connectivity index (χ1) is 49.4. The maximum absolute atomic E-state index is 7.72. The maximum atomic E-state index is 7.72. The Labute approximate surface area is 586 Å². The van der Waals surface area contributed by atoms with Crippen molar-refractivity contribution < 1.29 is 13.9 Å². The number of ether oxygens (including phenoxy) is 2. The predicted molar refractivity (Wildman–Crippen MR) is 422 cm³/mol. The zero-order valence-electron chi connectivity index (χ0n) is 56.9. The van der Waals surface area contributed by atoms with Gasteiger partial charge in [0.1, 0.15) is 28.6 Å². The molecule has 0 fully saturated rings. The van der Waals surface area contributed by atoms with Crippen LogP contribution < -0.4 is 52.1 Å². The van der Waals surface area contributed by atoms with Gasteiger partial charge in [-0.1, -0.05) is 242 Å². The lowest BCUT2D eigenvalue weighted by Crippen LogP contribution is -2.64. The van der Waals surface area contributed by atoms with Crippen LogP contribution in [0.15, 0.2) is 296 Å². The Balaban J connectivity index is 0.902. The standard InChI is InChI=1S/C92H66B2N4O3/c1-91(2,3)57-47-80-87-85(49-57)99-83-51-59(95-73-37-18-13-29-63(73)64-30-14-19-38-74(64)95)43-45-69(83)93(87)71-53-72-79(54-78(71)97(80)77-41-24-36-68-67-33-17-22-42-82(67)101-90(68)77)98(89-61(55-25-9-7-10-26-55)34-23-35-62(89)56-27-11-8-12-28-56)81-48-58(92(4,5)6)50-86-88(81)94(72)70-46-44-60(52-84(70)100-86)96-75-39-20-15-31-65(75)66-32-16-21-40-76(66)96/h7-54H,1-6H3. The highest BCUT2D eigenvalue weighted by Crippen LogP contribution is 2.54. The summed E-state index contributed by atoms with van der Waals surface area (Å²) in [6, 6.07) is 108. The van der Waals surface area contributed by atoms with Crippen LogP contribution in [-0.2, 0) is 10.8 Å². The summed E-state index contributed by atoms with van der Waals surface area (Å²) in [5.74, 6) is 3.36. The van der Waals surface area contributed by atoms with Crippen molar-refractivity contribution in [2.75, 3.05) is 9.80 Å². The molecule has 7 heterocycles. The molecule has 21 rings (SSSR count). The number of para-hydroxylation sites is 7. The molecule has 0 N–H and O–H groups in total. The number of fused-ring (bicyclic) bond motifs is 17. The second-order valence-electron chi connectivity index (χ2n) is 29.9. The highest BCUT2D eigenvalue weighted by Gasteiger charge is 2.49. The van der Waals surface area contributed by atoms with Crippen LogP contribution >= 0.6 is 0 Å². The summed E-state index contributed by atoms with van der Waals surface area (Å²) in [6.45, 7) is 13.3. The Morgan fingerprint density at radius 3 is 1.20 bits per heavy atom. The van der Waals surface area contributed by atoms with Gasteiger partial charge in [-0.3, -0.25) is 0 Å². The Kier molecular flexibility index (Phi) is 12.1. The van der Waals surface area contributed by atoms with E-state index in [0.29, 0.717) is 0 Å². The number of aromatic nitrogens is 2. The fraction of sp³-hybridized carbons (Fsp3) is 0.0870. The second kappa shape index (κ2) is 21.2. The first-order valence-corrected chi connectivity index (χ1v) is 35.3. The van der Waals surface area contributed by atoms with Gasteiger partial charge in [0.25, 0.3) is 13.4 Å². The van der Waals surface area contributed by atoms with Crippen molar-refractivity contribution in [1.82, 2.24) is 9.13 Å². The summed E-state index contributed by atoms with van der Waals surface area (Å²) >= 11 is 0. The molecule has 0 radical (unpaired) electrons. The molecule has 0 saturated heterocycles. The molecule has 478 valence electrons. The number of furan rings is 1. The van der Waals surface area contributed by atoms with Gasteiger partial charge >= 0.3 is 0 Å². The third-order valence-electron chi connectivity index (χ3n) is 22.1. The molecule has 0 bridgehead atoms. The van der Waals surface area contributed by atoms with E-state index in [4.69, 9.17) is 13.9 Å². The second-order valence-corrected chi connectivity index (χ2v) is 29.9. The first kappa shape index (κ1) is 57.8. The Morgan fingerprint density at radius 2 is 0.713 bits per heavy atom. The molecule has 4 aliphatic heterocycles. The van der Waals surface area contributed by atoms with Gasteiger partial charge in [-0.2, -0.15) is 0 Å². The van der Waals surface area contributed by atoms with Crippen LogP contribution in [-0.4, -0.2) is 22.6 Å². The summed E-state index contributed by atoms with van der Waals surface area (Å²) < 4.78 is 27.4. The molecule has 0 atom stereocenters. The molecule has 4 aliphatic rings. The monoisotopic (exact) mass is 1300 g/mol. The Morgan fingerprint density at radius 1 is 0.297 bits per heavy atom. The summed E-state index contributed by atoms with van der Waals surface area (Å²) in [5.41, 5.74) is 27.6. The van der Waals surface area contributed by atoms with Crippen LogP contribution in [0, 0.1) is 0 Å². The minimum absolute atomic E-state index is 0.279. The van der Waals surface area contributed by atoms with E-state index >= 15 is 0 Å². The number of hydrogen-bond acceptors (Lipinski definition) is 5. The van der Waals surface area contributed by atoms with Gasteiger partial charge < -0.3 is 32.8 Å². The van der Waals surface area contributed by atoms with Crippen LogP contribution in [0.3, 0.4) is 0 Å². The van der Waals surface area contributed by atoms with Crippen molar-refractivity contribution in [2.45, 2.75) is 52.4 Å². The Hall–Kier alpha value is -12.2. The number of nitrogens with zero attached hydrogens (tertiary/aromatic N) is 4. The van der Waals surface area contributed by atoms with E-state index in [1.54, 1.807) is 0 Å². The van der Waals surface area contributed by atoms with E-state index in [9.17, 15) is 0 Å². The third-order valence-corrected chi connectivity index (χ3v) is 22.1. The van der Waals surface area contributed by atoms with E-state index in [0.717, 1.165) is 168 Å². The zero-order valence-corrected chi connectivity index (χ0v) is 56.9. The Bertz CT molecular complexity index is 6240. The van der Waals surface area contributed by atoms with Gasteiger partial charge in [-0.25, -0.2) is 0 Å². The molecule has 101 heavy (non-hydrogen) atoms. The van der Waals surface area contributed by atoms with E-state index in [1.807, 2.05) is 0 Å². The van der Waals surface area contributed by atoms with Gasteiger partial charge in [-0.15, -0.1) is 0 Å². The summed E-state index contributed by atoms with van der Waals surface area (Å²) in [7, 11) is 0. The fourth-order valence-electron chi connectivity index (χ4n) is 17.4. The van der Waals surface area contributed by atoms with Crippen molar-refractivity contribution in [3.8, 4) is 56.6 Å². The number of benzene rings is 14. The summed E-state index contributed by atoms with van der Waals surface area (Å²) in [4.78, 5) is 5.17. The van der Waals surface area contributed by atoms with E-state index < -0.39 is 0 Å². The van der Waals surface area contributed by atoms with Gasteiger partial charge in [0.2, 0.25) is 0 Å². The first-order valence-electron chi connectivity index (χ1n) is 35.3. The lowest BCUT2D eigenvalue weighted by atomic mass is 9.30. The fourth-order valence-corrected chi connectivity index (χ4v) is 17.4. The molecule has 0 spiro atoms. The van der Waals surface area contributed by atoms with Crippen molar-refractivity contribution in [2.24, 2.45) is 0 Å². The molecule has 0 amide bonds. The quantitative estimate of drug-likeness (QED) is 0.155. The number of hydrogen-bond donors (Lipinski definition) is 0. The summed E-state index contributed by atoms with van der Waals surface area (Å²) in [6.07, 6.45) is 0. The highest BCUT2D eigenvalue weighted by molar-refractivity contribution is 7.02. The van der Waals surface area contributed by atoms with Crippen molar-refractivity contribution in [3.63, 3.8) is 0 Å². The van der Waals surface area contributed by atoms with Gasteiger partial charge in [-0.05, 0) is 145 Å². The molecular formula is C92H66B2N4O3. The summed E-state index contributed by atoms with van der Waals surface area (Å²) in [5, 5.41) is 6.99. The van der Waals surface area contributed by atoms with E-state index in [2.05, 4.69) is 352 Å². The third kappa shape index (κ3) is 8.44. The van der Waals surface area contributed by atoms with Gasteiger partial charge in [0, 0.05) is 89.7 Å². The number of anilines is 6. The van der Waals surface area contributed by atoms with Crippen molar-refractivity contribution in [3.05, 3.63) is 302 Å². The smallest absolute Gasteiger partial charge is 0.256 e.